The number of amides is 3. The third-order valence-electron chi connectivity index (χ3n) is 8.66. The van der Waals surface area contributed by atoms with Gasteiger partial charge in [0, 0.05) is 18.7 Å². The Hall–Kier alpha value is -3.48. The monoisotopic (exact) mass is 486 g/mol. The number of carbonyl (C=O) groups excluding carboxylic acids is 4. The lowest BCUT2D eigenvalue weighted by atomic mass is 9.81. The van der Waals surface area contributed by atoms with E-state index in [9.17, 15) is 19.2 Å². The SMILES string of the molecule is Cc1ccc(N2C[C@@H](C(=O)Oc3ccc(N4C(=O)[C@@H]5[C@H]6CC[C@@H](C6)[C@@H]5C4=O)c(C)c3)CC2=O)c(C)c1. The largest absolute Gasteiger partial charge is 0.426 e. The van der Waals surface area contributed by atoms with E-state index in [0.717, 1.165) is 36.1 Å². The van der Waals surface area contributed by atoms with Gasteiger partial charge in [0.2, 0.25) is 17.7 Å². The van der Waals surface area contributed by atoms with Gasteiger partial charge in [-0.25, -0.2) is 4.90 Å². The molecule has 2 heterocycles. The van der Waals surface area contributed by atoms with Crippen LogP contribution >= 0.6 is 0 Å². The average molecular weight is 487 g/mol. The van der Waals surface area contributed by atoms with Crippen molar-refractivity contribution in [3.05, 3.63) is 53.1 Å². The zero-order valence-electron chi connectivity index (χ0n) is 20.8. The number of carbonyl (C=O) groups is 4. The molecule has 3 amide bonds. The second kappa shape index (κ2) is 8.29. The summed E-state index contributed by atoms with van der Waals surface area (Å²) >= 11 is 0. The molecule has 2 bridgehead atoms. The van der Waals surface area contributed by atoms with E-state index in [1.807, 2.05) is 39.0 Å². The molecule has 7 nitrogen and oxygen atoms in total. The zero-order valence-corrected chi connectivity index (χ0v) is 20.8. The number of benzene rings is 2. The van der Waals surface area contributed by atoms with Crippen LogP contribution in [0.4, 0.5) is 11.4 Å². The fourth-order valence-electron chi connectivity index (χ4n) is 6.99. The van der Waals surface area contributed by atoms with Crippen LogP contribution in [0.5, 0.6) is 5.75 Å². The van der Waals surface area contributed by atoms with Gasteiger partial charge in [-0.15, -0.1) is 0 Å². The van der Waals surface area contributed by atoms with Crippen LogP contribution in [0.2, 0.25) is 0 Å². The van der Waals surface area contributed by atoms with Crippen molar-refractivity contribution in [2.24, 2.45) is 29.6 Å². The maximum absolute atomic E-state index is 13.2. The Labute approximate surface area is 210 Å². The molecule has 2 aromatic rings. The molecule has 0 radical (unpaired) electrons. The van der Waals surface area contributed by atoms with Crippen molar-refractivity contribution < 1.29 is 23.9 Å². The molecule has 0 N–H and O–H groups in total. The van der Waals surface area contributed by atoms with Crippen molar-refractivity contribution in [3.63, 3.8) is 0 Å². The highest BCUT2D eigenvalue weighted by Gasteiger charge is 2.61. The summed E-state index contributed by atoms with van der Waals surface area (Å²) < 4.78 is 5.64. The summed E-state index contributed by atoms with van der Waals surface area (Å²) in [6.07, 6.45) is 3.18. The number of hydrogen-bond donors (Lipinski definition) is 0. The first kappa shape index (κ1) is 23.0. The smallest absolute Gasteiger partial charge is 0.316 e. The van der Waals surface area contributed by atoms with E-state index in [2.05, 4.69) is 0 Å². The summed E-state index contributed by atoms with van der Waals surface area (Å²) in [5.41, 5.74) is 4.20. The van der Waals surface area contributed by atoms with E-state index in [4.69, 9.17) is 4.74 Å². The molecule has 5 atom stereocenters. The molecule has 4 aliphatic rings. The number of fused-ring (bicyclic) bond motifs is 5. The van der Waals surface area contributed by atoms with Crippen LogP contribution in [-0.4, -0.2) is 30.2 Å². The Bertz CT molecular complexity index is 1290. The fraction of sp³-hybridized carbons (Fsp3) is 0.448. The van der Waals surface area contributed by atoms with Crippen molar-refractivity contribution >= 4 is 35.1 Å². The highest BCUT2D eigenvalue weighted by molar-refractivity contribution is 6.23. The first-order chi connectivity index (χ1) is 17.2. The minimum atomic E-state index is -0.560. The van der Waals surface area contributed by atoms with Crippen molar-refractivity contribution in [2.45, 2.75) is 46.5 Å². The lowest BCUT2D eigenvalue weighted by Gasteiger charge is -2.20. The summed E-state index contributed by atoms with van der Waals surface area (Å²) in [4.78, 5) is 55.0. The van der Waals surface area contributed by atoms with E-state index in [1.54, 1.807) is 23.1 Å². The molecule has 0 spiro atoms. The van der Waals surface area contributed by atoms with Gasteiger partial charge < -0.3 is 9.64 Å². The number of ether oxygens (including phenoxy) is 1. The molecule has 0 unspecified atom stereocenters. The molecule has 4 fully saturated rings. The van der Waals surface area contributed by atoms with Crippen LogP contribution in [0, 0.1) is 50.4 Å². The normalized spacial score (nSPS) is 28.9. The van der Waals surface area contributed by atoms with E-state index in [0.29, 0.717) is 28.8 Å². The van der Waals surface area contributed by atoms with Gasteiger partial charge in [0.05, 0.1) is 23.4 Å². The van der Waals surface area contributed by atoms with Gasteiger partial charge in [-0.3, -0.25) is 19.2 Å². The van der Waals surface area contributed by atoms with Crippen molar-refractivity contribution in [2.75, 3.05) is 16.3 Å². The standard InChI is InChI=1S/C29H30N2O5/c1-15-4-8-22(16(2)10-15)30-14-20(13-24(30)32)29(35)36-21-7-9-23(17(3)11-21)31-27(33)25-18-5-6-19(12-18)26(25)28(31)34/h4,7-11,18-20,25-26H,5-6,12-14H2,1-3H3/t18-,19-,20-,25-,26+/m0/s1. The zero-order chi connectivity index (χ0) is 25.3. The Morgan fingerprint density at radius 2 is 1.50 bits per heavy atom. The molecule has 0 aromatic heterocycles. The number of hydrogen-bond acceptors (Lipinski definition) is 5. The van der Waals surface area contributed by atoms with E-state index >= 15 is 0 Å². The summed E-state index contributed by atoms with van der Waals surface area (Å²) in [5, 5.41) is 0. The fourth-order valence-corrected chi connectivity index (χ4v) is 6.99. The number of anilines is 2. The Balaban J connectivity index is 1.16. The van der Waals surface area contributed by atoms with Crippen LogP contribution in [0.15, 0.2) is 36.4 Å². The summed E-state index contributed by atoms with van der Waals surface area (Å²) in [6, 6.07) is 10.9. The molecule has 2 saturated heterocycles. The molecular weight excluding hydrogens is 456 g/mol. The number of aryl methyl sites for hydroxylation is 3. The third-order valence-corrected chi connectivity index (χ3v) is 8.66. The van der Waals surface area contributed by atoms with Gasteiger partial charge in [-0.1, -0.05) is 17.7 Å². The first-order valence-electron chi connectivity index (χ1n) is 12.8. The molecule has 36 heavy (non-hydrogen) atoms. The minimum absolute atomic E-state index is 0.0824. The van der Waals surface area contributed by atoms with Crippen LogP contribution in [-0.2, 0) is 19.2 Å². The maximum atomic E-state index is 13.2. The van der Waals surface area contributed by atoms with E-state index in [1.165, 1.54) is 4.90 Å². The number of imide groups is 1. The Kier molecular flexibility index (Phi) is 5.28. The van der Waals surface area contributed by atoms with E-state index < -0.39 is 11.9 Å². The molecular formula is C29H30N2O5. The van der Waals surface area contributed by atoms with Gasteiger partial charge in [0.25, 0.3) is 0 Å². The predicted octanol–water partition coefficient (Wildman–Crippen LogP) is 4.11. The van der Waals surface area contributed by atoms with Gasteiger partial charge in [0.15, 0.2) is 0 Å². The van der Waals surface area contributed by atoms with Crippen LogP contribution in [0.3, 0.4) is 0 Å². The molecule has 186 valence electrons. The molecule has 2 saturated carbocycles. The number of esters is 1. The molecule has 2 aliphatic heterocycles. The topological polar surface area (TPSA) is 84.0 Å². The molecule has 2 aliphatic carbocycles. The molecule has 7 heteroatoms. The lowest BCUT2D eigenvalue weighted by molar-refractivity contribution is -0.139. The van der Waals surface area contributed by atoms with Gasteiger partial charge >= 0.3 is 5.97 Å². The number of rotatable bonds is 4. The molecule has 6 rings (SSSR count). The first-order valence-corrected chi connectivity index (χ1v) is 12.8. The van der Waals surface area contributed by atoms with Gasteiger partial charge in [-0.05, 0) is 87.3 Å². The predicted molar refractivity (Wildman–Crippen MR) is 133 cm³/mol. The van der Waals surface area contributed by atoms with Crippen LogP contribution in [0.1, 0.15) is 42.4 Å². The van der Waals surface area contributed by atoms with Gasteiger partial charge in [0.1, 0.15) is 5.75 Å². The second-order valence-electron chi connectivity index (χ2n) is 11.0. The van der Waals surface area contributed by atoms with Crippen LogP contribution < -0.4 is 14.5 Å². The Morgan fingerprint density at radius 1 is 0.861 bits per heavy atom. The highest BCUT2D eigenvalue weighted by Crippen LogP contribution is 2.56. The number of nitrogens with zero attached hydrogens (tertiary/aromatic N) is 2. The molecule has 2 aromatic carbocycles. The third kappa shape index (κ3) is 3.47. The second-order valence-corrected chi connectivity index (χ2v) is 11.0. The van der Waals surface area contributed by atoms with Crippen molar-refractivity contribution in [3.8, 4) is 5.75 Å². The van der Waals surface area contributed by atoms with Crippen LogP contribution in [0.25, 0.3) is 0 Å². The quantitative estimate of drug-likeness (QED) is 0.369. The maximum Gasteiger partial charge on any atom is 0.316 e. The highest BCUT2D eigenvalue weighted by atomic mass is 16.5. The summed E-state index contributed by atoms with van der Waals surface area (Å²) in [6.45, 7) is 6.05. The van der Waals surface area contributed by atoms with Crippen molar-refractivity contribution in [1.29, 1.82) is 0 Å². The summed E-state index contributed by atoms with van der Waals surface area (Å²) in [7, 11) is 0. The average Bonchev–Trinajstić information content (AvgIpc) is 3.59. The summed E-state index contributed by atoms with van der Waals surface area (Å²) in [5.74, 6) is -0.613. The Morgan fingerprint density at radius 3 is 2.14 bits per heavy atom. The lowest BCUT2D eigenvalue weighted by Crippen LogP contribution is -2.33. The van der Waals surface area contributed by atoms with Crippen molar-refractivity contribution in [1.82, 2.24) is 0 Å². The minimum Gasteiger partial charge on any atom is -0.426 e. The van der Waals surface area contributed by atoms with E-state index in [-0.39, 0.29) is 42.5 Å². The van der Waals surface area contributed by atoms with Gasteiger partial charge in [-0.2, -0.15) is 0 Å².